The molecule has 0 saturated heterocycles. The number of rotatable bonds is 8. The van der Waals surface area contributed by atoms with E-state index in [0.717, 1.165) is 5.56 Å². The summed E-state index contributed by atoms with van der Waals surface area (Å²) in [5.41, 5.74) is 1.87. The van der Waals surface area contributed by atoms with Crippen LogP contribution in [0.4, 0.5) is 10.6 Å². The number of carbonyl (C=O) groups excluding carboxylic acids is 1. The van der Waals surface area contributed by atoms with Crippen LogP contribution in [0.5, 0.6) is 0 Å². The molecule has 0 aliphatic heterocycles. The van der Waals surface area contributed by atoms with Crippen molar-refractivity contribution in [2.45, 2.75) is 38.6 Å². The van der Waals surface area contributed by atoms with Gasteiger partial charge < -0.3 is 10.0 Å². The highest BCUT2D eigenvalue weighted by atomic mass is 16.4. The standard InChI is InChI=1S/C24H29N5O4/c1-5-19(16-10-7-6-8-11-16)29-22-17(25-18(23(29)32)12-9-13-21(30)31)14-15-20(26-22)28(4)24(33)27(2)3/h6-8,10-11,14-15,19H,5,9,12-13H2,1-4H3,(H,30,31)/t19-/m0/s1. The number of fused-ring (bicyclic) bond motifs is 1. The van der Waals surface area contributed by atoms with Crippen molar-refractivity contribution in [2.75, 3.05) is 26.0 Å². The zero-order chi connectivity index (χ0) is 24.1. The number of amides is 2. The summed E-state index contributed by atoms with van der Waals surface area (Å²) in [7, 11) is 4.94. The van der Waals surface area contributed by atoms with E-state index in [1.807, 2.05) is 37.3 Å². The second-order valence-electron chi connectivity index (χ2n) is 8.06. The number of hydrogen-bond donors (Lipinski definition) is 1. The number of aliphatic carboxylic acids is 1. The molecule has 0 radical (unpaired) electrons. The summed E-state index contributed by atoms with van der Waals surface area (Å²) in [5.74, 6) is -0.510. The van der Waals surface area contributed by atoms with Crippen LogP contribution >= 0.6 is 0 Å². The first kappa shape index (κ1) is 23.9. The zero-order valence-electron chi connectivity index (χ0n) is 19.4. The Bertz CT molecular complexity index is 1210. The van der Waals surface area contributed by atoms with E-state index in [-0.39, 0.29) is 30.5 Å². The van der Waals surface area contributed by atoms with Gasteiger partial charge in [-0.05, 0) is 37.0 Å². The summed E-state index contributed by atoms with van der Waals surface area (Å²) in [5, 5.41) is 8.98. The maximum absolute atomic E-state index is 13.6. The minimum Gasteiger partial charge on any atom is -0.481 e. The van der Waals surface area contributed by atoms with Crippen LogP contribution in [0.25, 0.3) is 11.2 Å². The van der Waals surface area contributed by atoms with Crippen LogP contribution in [-0.4, -0.2) is 57.7 Å². The van der Waals surface area contributed by atoms with Gasteiger partial charge in [-0.15, -0.1) is 0 Å². The molecule has 0 saturated carbocycles. The highest BCUT2D eigenvalue weighted by molar-refractivity contribution is 5.91. The van der Waals surface area contributed by atoms with Gasteiger partial charge in [0.05, 0.1) is 6.04 Å². The van der Waals surface area contributed by atoms with Crippen molar-refractivity contribution in [3.63, 3.8) is 0 Å². The van der Waals surface area contributed by atoms with Crippen molar-refractivity contribution >= 4 is 29.0 Å². The van der Waals surface area contributed by atoms with Crippen molar-refractivity contribution < 1.29 is 14.7 Å². The Labute approximate surface area is 192 Å². The van der Waals surface area contributed by atoms with Gasteiger partial charge in [-0.3, -0.25) is 19.1 Å². The molecule has 9 nitrogen and oxygen atoms in total. The van der Waals surface area contributed by atoms with Gasteiger partial charge in [0.2, 0.25) is 0 Å². The van der Waals surface area contributed by atoms with E-state index in [2.05, 4.69) is 9.97 Å². The third-order valence-corrected chi connectivity index (χ3v) is 5.49. The molecule has 0 unspecified atom stereocenters. The lowest BCUT2D eigenvalue weighted by Crippen LogP contribution is -2.37. The normalized spacial score (nSPS) is 11.9. The largest absolute Gasteiger partial charge is 0.481 e. The molecule has 1 aromatic carbocycles. The molecule has 0 spiro atoms. The molecule has 3 rings (SSSR count). The number of carboxylic acids is 1. The minimum absolute atomic E-state index is 0.0380. The molecule has 0 aliphatic rings. The predicted octanol–water partition coefficient (Wildman–Crippen LogP) is 3.32. The maximum atomic E-state index is 13.6. The Kier molecular flexibility index (Phi) is 7.42. The summed E-state index contributed by atoms with van der Waals surface area (Å²) in [4.78, 5) is 49.0. The van der Waals surface area contributed by atoms with Gasteiger partial charge in [0.15, 0.2) is 5.65 Å². The molecule has 3 aromatic rings. The van der Waals surface area contributed by atoms with E-state index in [1.54, 1.807) is 37.8 Å². The van der Waals surface area contributed by atoms with Crippen LogP contribution in [0, 0.1) is 0 Å². The van der Waals surface area contributed by atoms with Gasteiger partial charge in [0.1, 0.15) is 17.0 Å². The summed E-state index contributed by atoms with van der Waals surface area (Å²) < 4.78 is 1.63. The van der Waals surface area contributed by atoms with E-state index >= 15 is 0 Å². The number of carboxylic acid groups (broad SMARTS) is 1. The SMILES string of the molecule is CC[C@@H](c1ccccc1)n1c(=O)c(CCCC(=O)O)nc2ccc(N(C)C(=O)N(C)C)nc21. The fraction of sp³-hybridized carbons (Fsp3) is 0.375. The lowest BCUT2D eigenvalue weighted by atomic mass is 10.0. The molecule has 2 amide bonds. The molecule has 1 N–H and O–H groups in total. The van der Waals surface area contributed by atoms with Gasteiger partial charge in [-0.25, -0.2) is 14.8 Å². The van der Waals surface area contributed by atoms with E-state index < -0.39 is 5.97 Å². The molecule has 2 heterocycles. The highest BCUT2D eigenvalue weighted by Crippen LogP contribution is 2.25. The molecule has 1 atom stereocenters. The first-order chi connectivity index (χ1) is 15.7. The van der Waals surface area contributed by atoms with Gasteiger partial charge in [-0.1, -0.05) is 37.3 Å². The van der Waals surface area contributed by atoms with Crippen molar-refractivity contribution in [3.05, 3.63) is 64.1 Å². The number of pyridine rings is 1. The van der Waals surface area contributed by atoms with Gasteiger partial charge >= 0.3 is 12.0 Å². The number of nitrogens with zero attached hydrogens (tertiary/aromatic N) is 5. The summed E-state index contributed by atoms with van der Waals surface area (Å²) in [6, 6.07) is 12.6. The average Bonchev–Trinajstić information content (AvgIpc) is 2.80. The number of aromatic nitrogens is 3. The second kappa shape index (κ2) is 10.2. The lowest BCUT2D eigenvalue weighted by molar-refractivity contribution is -0.137. The lowest BCUT2D eigenvalue weighted by Gasteiger charge is -2.24. The van der Waals surface area contributed by atoms with Crippen LogP contribution in [-0.2, 0) is 11.2 Å². The Morgan fingerprint density at radius 2 is 1.76 bits per heavy atom. The number of urea groups is 1. The third kappa shape index (κ3) is 5.19. The Morgan fingerprint density at radius 1 is 1.06 bits per heavy atom. The first-order valence-electron chi connectivity index (χ1n) is 10.9. The molecule has 2 aromatic heterocycles. The monoisotopic (exact) mass is 451 g/mol. The van der Waals surface area contributed by atoms with Gasteiger partial charge in [-0.2, -0.15) is 0 Å². The number of hydrogen-bond acceptors (Lipinski definition) is 5. The number of anilines is 1. The molecule has 9 heteroatoms. The Balaban J connectivity index is 2.21. The van der Waals surface area contributed by atoms with Crippen LogP contribution in [0.2, 0.25) is 0 Å². The highest BCUT2D eigenvalue weighted by Gasteiger charge is 2.22. The number of benzene rings is 1. The first-order valence-corrected chi connectivity index (χ1v) is 10.9. The van der Waals surface area contributed by atoms with Crippen molar-refractivity contribution in [1.82, 2.24) is 19.4 Å². The molecule has 33 heavy (non-hydrogen) atoms. The summed E-state index contributed by atoms with van der Waals surface area (Å²) >= 11 is 0. The summed E-state index contributed by atoms with van der Waals surface area (Å²) in [6.45, 7) is 1.99. The molecule has 174 valence electrons. The van der Waals surface area contributed by atoms with Gasteiger partial charge in [0.25, 0.3) is 5.56 Å². The topological polar surface area (TPSA) is 109 Å². The Hall–Kier alpha value is -3.75. The summed E-state index contributed by atoms with van der Waals surface area (Å²) in [6.07, 6.45) is 1.17. The minimum atomic E-state index is -0.910. The predicted molar refractivity (Wildman–Crippen MR) is 127 cm³/mol. The van der Waals surface area contributed by atoms with Crippen molar-refractivity contribution in [3.8, 4) is 0 Å². The van der Waals surface area contributed by atoms with Crippen molar-refractivity contribution in [2.24, 2.45) is 0 Å². The zero-order valence-corrected chi connectivity index (χ0v) is 19.4. The fourth-order valence-corrected chi connectivity index (χ4v) is 3.81. The van der Waals surface area contributed by atoms with Gasteiger partial charge in [0, 0.05) is 27.6 Å². The fourth-order valence-electron chi connectivity index (χ4n) is 3.81. The van der Waals surface area contributed by atoms with E-state index in [1.165, 1.54) is 9.80 Å². The molecular weight excluding hydrogens is 422 g/mol. The number of aryl methyl sites for hydroxylation is 1. The molecular formula is C24H29N5O4. The molecule has 0 bridgehead atoms. The Morgan fingerprint density at radius 3 is 2.36 bits per heavy atom. The third-order valence-electron chi connectivity index (χ3n) is 5.49. The second-order valence-corrected chi connectivity index (χ2v) is 8.06. The van der Waals surface area contributed by atoms with Crippen LogP contribution in [0.15, 0.2) is 47.3 Å². The quantitative estimate of drug-likeness (QED) is 0.563. The van der Waals surface area contributed by atoms with Crippen LogP contribution < -0.4 is 10.5 Å². The average molecular weight is 452 g/mol. The molecule has 0 fully saturated rings. The smallest absolute Gasteiger partial charge is 0.324 e. The molecule has 0 aliphatic carbocycles. The number of carbonyl (C=O) groups is 2. The van der Waals surface area contributed by atoms with Crippen LogP contribution in [0.3, 0.4) is 0 Å². The van der Waals surface area contributed by atoms with Crippen molar-refractivity contribution in [1.29, 1.82) is 0 Å². The van der Waals surface area contributed by atoms with E-state index in [9.17, 15) is 14.4 Å². The van der Waals surface area contributed by atoms with E-state index in [0.29, 0.717) is 35.5 Å². The maximum Gasteiger partial charge on any atom is 0.324 e. The van der Waals surface area contributed by atoms with E-state index in [4.69, 9.17) is 5.11 Å². The van der Waals surface area contributed by atoms with Crippen LogP contribution in [0.1, 0.15) is 43.5 Å².